The average Bonchev–Trinajstić information content (AvgIpc) is 2.87. The molecule has 1 fully saturated rings. The van der Waals surface area contributed by atoms with Gasteiger partial charge in [-0.25, -0.2) is 0 Å². The van der Waals surface area contributed by atoms with Gasteiger partial charge in [0.05, 0.1) is 48.7 Å². The topological polar surface area (TPSA) is 51.2 Å². The molecule has 5 nitrogen and oxygen atoms in total. The fourth-order valence-electron chi connectivity index (χ4n) is 4.07. The summed E-state index contributed by atoms with van der Waals surface area (Å²) in [4.78, 5) is 2.15. The van der Waals surface area contributed by atoms with E-state index in [0.29, 0.717) is 56.0 Å². The third kappa shape index (κ3) is 8.13. The molecule has 0 aliphatic carbocycles. The molecule has 1 aliphatic rings. The fourth-order valence-corrected chi connectivity index (χ4v) is 4.39. The molecule has 3 aromatic rings. The van der Waals surface area contributed by atoms with Crippen molar-refractivity contribution in [3.63, 3.8) is 0 Å². The monoisotopic (exact) mass is 515 g/mol. The number of β-amino-alcohol motifs (C(OH)–C–C–N with tert-alkyl or cyclic N) is 1. The summed E-state index contributed by atoms with van der Waals surface area (Å²) in [5.41, 5.74) is 3.16. The lowest BCUT2D eigenvalue weighted by Crippen LogP contribution is -2.46. The van der Waals surface area contributed by atoms with Crippen molar-refractivity contribution in [1.82, 2.24) is 0 Å². The van der Waals surface area contributed by atoms with Gasteiger partial charge in [-0.1, -0.05) is 59.6 Å². The quantitative estimate of drug-likeness (QED) is 0.311. The van der Waals surface area contributed by atoms with Crippen molar-refractivity contribution in [2.45, 2.75) is 38.3 Å². The van der Waals surface area contributed by atoms with Gasteiger partial charge in [-0.3, -0.25) is 0 Å². The molecule has 35 heavy (non-hydrogen) atoms. The normalized spacial score (nSPS) is 18.0. The number of aliphatic hydroxyl groups excluding tert-OH is 1. The van der Waals surface area contributed by atoms with Gasteiger partial charge >= 0.3 is 0 Å². The van der Waals surface area contributed by atoms with Gasteiger partial charge in [-0.05, 0) is 47.5 Å². The highest BCUT2D eigenvalue weighted by molar-refractivity contribution is 6.42. The summed E-state index contributed by atoms with van der Waals surface area (Å²) < 4.78 is 17.6. The minimum atomic E-state index is -0.450. The van der Waals surface area contributed by atoms with Gasteiger partial charge < -0.3 is 24.2 Å². The maximum Gasteiger partial charge on any atom is 0.119 e. The molecular weight excluding hydrogens is 485 g/mol. The van der Waals surface area contributed by atoms with Gasteiger partial charge in [0.2, 0.25) is 0 Å². The Kier molecular flexibility index (Phi) is 9.69. The van der Waals surface area contributed by atoms with Gasteiger partial charge in [0, 0.05) is 31.6 Å². The summed E-state index contributed by atoms with van der Waals surface area (Å²) in [5.74, 6) is 0.821. The second-order valence-corrected chi connectivity index (χ2v) is 9.52. The molecule has 7 heteroatoms. The predicted octanol–water partition coefficient (Wildman–Crippen LogP) is 6.14. The van der Waals surface area contributed by atoms with Crippen LogP contribution in [0.3, 0.4) is 0 Å². The lowest BCUT2D eigenvalue weighted by Gasteiger charge is -2.37. The highest BCUT2D eigenvalue weighted by Gasteiger charge is 2.27. The van der Waals surface area contributed by atoms with E-state index in [9.17, 15) is 5.11 Å². The van der Waals surface area contributed by atoms with Crippen LogP contribution < -0.4 is 9.64 Å². The molecule has 0 aromatic heterocycles. The van der Waals surface area contributed by atoms with Crippen molar-refractivity contribution in [2.24, 2.45) is 0 Å². The van der Waals surface area contributed by atoms with Crippen LogP contribution in [0.4, 0.5) is 5.69 Å². The minimum Gasteiger partial charge on any atom is -0.494 e. The Hall–Kier alpha value is -2.28. The standard InChI is InChI=1S/C28H31Cl2NO4/c29-27-12-7-22(15-28(27)30)20-35-26-16-24(32)17-31(18-26)23-8-10-25(11-9-23)34-14-4-13-33-19-21-5-2-1-3-6-21/h1-3,5-12,15,24,26,32H,4,13-14,16-20H2. The predicted molar refractivity (Wildman–Crippen MR) is 141 cm³/mol. The van der Waals surface area contributed by atoms with E-state index in [4.69, 9.17) is 37.4 Å². The SMILES string of the molecule is OC1CC(OCc2ccc(Cl)c(Cl)c2)CN(c2ccc(OCCCOCc3ccccc3)cc2)C1. The zero-order valence-corrected chi connectivity index (χ0v) is 21.1. The molecule has 0 amide bonds. The van der Waals surface area contributed by atoms with Crippen molar-refractivity contribution < 1.29 is 19.3 Å². The number of anilines is 1. The van der Waals surface area contributed by atoms with Crippen LogP contribution >= 0.6 is 23.2 Å². The molecule has 0 saturated carbocycles. The van der Waals surface area contributed by atoms with Gasteiger partial charge in [0.15, 0.2) is 0 Å². The van der Waals surface area contributed by atoms with Crippen molar-refractivity contribution in [2.75, 3.05) is 31.2 Å². The highest BCUT2D eigenvalue weighted by atomic mass is 35.5. The van der Waals surface area contributed by atoms with Gasteiger partial charge in [-0.15, -0.1) is 0 Å². The highest BCUT2D eigenvalue weighted by Crippen LogP contribution is 2.26. The number of piperidine rings is 1. The molecular formula is C28H31Cl2NO4. The maximum atomic E-state index is 10.4. The van der Waals surface area contributed by atoms with Gasteiger partial charge in [0.1, 0.15) is 5.75 Å². The van der Waals surface area contributed by atoms with Crippen LogP contribution in [0.5, 0.6) is 5.75 Å². The summed E-state index contributed by atoms with van der Waals surface area (Å²) >= 11 is 12.1. The van der Waals surface area contributed by atoms with E-state index in [1.54, 1.807) is 6.07 Å². The van der Waals surface area contributed by atoms with Crippen LogP contribution in [0.25, 0.3) is 0 Å². The Bertz CT molecular complexity index is 1050. The molecule has 1 heterocycles. The Morgan fingerprint density at radius 1 is 0.829 bits per heavy atom. The molecule has 186 valence electrons. The molecule has 2 unspecified atom stereocenters. The molecule has 3 aromatic carbocycles. The number of nitrogens with zero attached hydrogens (tertiary/aromatic N) is 1. The zero-order chi connectivity index (χ0) is 24.5. The smallest absolute Gasteiger partial charge is 0.119 e. The van der Waals surface area contributed by atoms with E-state index in [0.717, 1.165) is 23.4 Å². The largest absolute Gasteiger partial charge is 0.494 e. The van der Waals surface area contributed by atoms with Crippen molar-refractivity contribution in [1.29, 1.82) is 0 Å². The number of ether oxygens (including phenoxy) is 3. The average molecular weight is 516 g/mol. The summed E-state index contributed by atoms with van der Waals surface area (Å²) in [7, 11) is 0. The molecule has 0 spiro atoms. The third-order valence-corrected chi connectivity index (χ3v) is 6.61. The van der Waals surface area contributed by atoms with E-state index >= 15 is 0 Å². The Morgan fingerprint density at radius 2 is 1.63 bits per heavy atom. The van der Waals surface area contributed by atoms with E-state index in [1.165, 1.54) is 5.56 Å². The van der Waals surface area contributed by atoms with Crippen molar-refractivity contribution in [3.05, 3.63) is 94.0 Å². The second kappa shape index (κ2) is 13.1. The van der Waals surface area contributed by atoms with Crippen molar-refractivity contribution >= 4 is 28.9 Å². The Labute approximate surface area is 217 Å². The van der Waals surface area contributed by atoms with Crippen molar-refractivity contribution in [3.8, 4) is 5.75 Å². The molecule has 2 atom stereocenters. The second-order valence-electron chi connectivity index (χ2n) is 8.71. The molecule has 1 saturated heterocycles. The van der Waals surface area contributed by atoms with Gasteiger partial charge in [-0.2, -0.15) is 0 Å². The number of hydrogen-bond acceptors (Lipinski definition) is 5. The summed E-state index contributed by atoms with van der Waals surface area (Å²) in [6.45, 7) is 3.58. The van der Waals surface area contributed by atoms with E-state index in [1.807, 2.05) is 54.6 Å². The first kappa shape index (κ1) is 25.8. The Balaban J connectivity index is 1.19. The van der Waals surface area contributed by atoms with Gasteiger partial charge in [0.25, 0.3) is 0 Å². The van der Waals surface area contributed by atoms with Crippen LogP contribution in [-0.2, 0) is 22.7 Å². The lowest BCUT2D eigenvalue weighted by molar-refractivity contribution is -0.00477. The first-order chi connectivity index (χ1) is 17.1. The lowest BCUT2D eigenvalue weighted by atomic mass is 10.0. The summed E-state index contributed by atoms with van der Waals surface area (Å²) in [6.07, 6.45) is 0.894. The van der Waals surface area contributed by atoms with E-state index in [2.05, 4.69) is 17.0 Å². The first-order valence-electron chi connectivity index (χ1n) is 11.9. The van der Waals surface area contributed by atoms with E-state index in [-0.39, 0.29) is 6.10 Å². The maximum absolute atomic E-state index is 10.4. The van der Waals surface area contributed by atoms with Crippen LogP contribution in [0.15, 0.2) is 72.8 Å². The molecule has 1 N–H and O–H groups in total. The molecule has 0 radical (unpaired) electrons. The van der Waals surface area contributed by atoms with Crippen LogP contribution in [-0.4, -0.2) is 43.6 Å². The minimum absolute atomic E-state index is 0.0833. The number of rotatable bonds is 11. The first-order valence-corrected chi connectivity index (χ1v) is 12.7. The Morgan fingerprint density at radius 3 is 2.40 bits per heavy atom. The number of halogens is 2. The molecule has 4 rings (SSSR count). The zero-order valence-electron chi connectivity index (χ0n) is 19.6. The van der Waals surface area contributed by atoms with E-state index < -0.39 is 6.10 Å². The summed E-state index contributed by atoms with van der Waals surface area (Å²) in [5, 5.41) is 11.4. The van der Waals surface area contributed by atoms with Crippen LogP contribution in [0.1, 0.15) is 24.0 Å². The molecule has 1 aliphatic heterocycles. The molecule has 0 bridgehead atoms. The number of hydrogen-bond donors (Lipinski definition) is 1. The fraction of sp³-hybridized carbons (Fsp3) is 0.357. The van der Waals surface area contributed by atoms with Crippen LogP contribution in [0.2, 0.25) is 10.0 Å². The summed E-state index contributed by atoms with van der Waals surface area (Å²) in [6, 6.07) is 23.6. The number of aliphatic hydroxyl groups is 1. The third-order valence-electron chi connectivity index (χ3n) is 5.88. The van der Waals surface area contributed by atoms with Crippen LogP contribution in [0, 0.1) is 0 Å². The number of benzene rings is 3.